The Labute approximate surface area is 143 Å². The van der Waals surface area contributed by atoms with Crippen LogP contribution in [0.25, 0.3) is 0 Å². The van der Waals surface area contributed by atoms with Crippen molar-refractivity contribution in [2.75, 3.05) is 30.9 Å². The van der Waals surface area contributed by atoms with E-state index in [4.69, 9.17) is 19.8 Å². The standard InChI is InChI=1S/C14H20BrN3O2/c1-14(2,3)20-13(19)18-8-6-17(7-9-18)11-4-5-16-12(15)10-11/h4-5,10H,6-9H2,1-3H3/i4D,5D,6D2,7D2,8D2,9D2,10D. The van der Waals surface area contributed by atoms with Gasteiger partial charge in [0, 0.05) is 37.8 Å². The second-order valence-electron chi connectivity index (χ2n) is 4.71. The Morgan fingerprint density at radius 1 is 1.45 bits per heavy atom. The van der Waals surface area contributed by atoms with Gasteiger partial charge in [0.15, 0.2) is 0 Å². The van der Waals surface area contributed by atoms with E-state index < -0.39 is 61.6 Å². The lowest BCUT2D eigenvalue weighted by atomic mass is 10.2. The minimum Gasteiger partial charge on any atom is -0.444 e. The van der Waals surface area contributed by atoms with Crippen LogP contribution in [0, 0.1) is 0 Å². The zero-order valence-electron chi connectivity index (χ0n) is 22.0. The van der Waals surface area contributed by atoms with Gasteiger partial charge in [-0.05, 0) is 48.8 Å². The fraction of sp³-hybridized carbons (Fsp3) is 0.571. The fourth-order valence-electron chi connectivity index (χ4n) is 1.17. The predicted octanol–water partition coefficient (Wildman–Crippen LogP) is 2.90. The number of piperazine rings is 1. The normalized spacial score (nSPS) is 34.3. The number of pyridine rings is 1. The van der Waals surface area contributed by atoms with Crippen LogP contribution in [0.15, 0.2) is 22.9 Å². The van der Waals surface area contributed by atoms with E-state index in [-0.39, 0.29) is 14.4 Å². The second-order valence-corrected chi connectivity index (χ2v) is 5.46. The molecular weight excluding hydrogens is 322 g/mol. The van der Waals surface area contributed by atoms with Gasteiger partial charge in [-0.3, -0.25) is 0 Å². The monoisotopic (exact) mass is 352 g/mol. The lowest BCUT2D eigenvalue weighted by molar-refractivity contribution is 0.0240. The first-order chi connectivity index (χ1) is 13.6. The molecule has 0 unspecified atom stereocenters. The Balaban J connectivity index is 2.86. The van der Waals surface area contributed by atoms with E-state index >= 15 is 0 Å². The van der Waals surface area contributed by atoms with Crippen molar-refractivity contribution in [3.05, 3.63) is 22.9 Å². The summed E-state index contributed by atoms with van der Waals surface area (Å²) in [6, 6.07) is -1.68. The number of carbonyl (C=O) groups is 1. The third-order valence-corrected chi connectivity index (χ3v) is 2.27. The highest BCUT2D eigenvalue weighted by molar-refractivity contribution is 9.10. The van der Waals surface area contributed by atoms with E-state index in [0.717, 1.165) is 0 Å². The summed E-state index contributed by atoms with van der Waals surface area (Å²) in [5.74, 6) is 0. The van der Waals surface area contributed by atoms with Gasteiger partial charge in [-0.1, -0.05) is 0 Å². The summed E-state index contributed by atoms with van der Waals surface area (Å²) in [5.41, 5.74) is -2.13. The summed E-state index contributed by atoms with van der Waals surface area (Å²) in [5, 5.41) is 0. The molecule has 0 bridgehead atoms. The first kappa shape index (κ1) is 6.22. The number of rotatable bonds is 1. The van der Waals surface area contributed by atoms with E-state index in [0.29, 0.717) is 0 Å². The van der Waals surface area contributed by atoms with E-state index in [9.17, 15) is 4.79 Å². The van der Waals surface area contributed by atoms with Crippen molar-refractivity contribution in [2.24, 2.45) is 0 Å². The predicted molar refractivity (Wildman–Crippen MR) is 82.0 cm³/mol. The third kappa shape index (κ3) is 4.10. The van der Waals surface area contributed by atoms with Crippen LogP contribution in [-0.4, -0.2) is 47.6 Å². The molecule has 1 amide bonds. The molecule has 2 rings (SSSR count). The summed E-state index contributed by atoms with van der Waals surface area (Å²) in [6.07, 6.45) is -2.41. The first-order valence-electron chi connectivity index (χ1n) is 11.1. The minimum absolute atomic E-state index is 0.0595. The zero-order valence-corrected chi connectivity index (χ0v) is 12.6. The molecule has 0 aromatic carbocycles. The second kappa shape index (κ2) is 5.99. The molecule has 0 spiro atoms. The Bertz CT molecular complexity index is 865. The number of hydrogen-bond donors (Lipinski definition) is 0. The highest BCUT2D eigenvalue weighted by Crippen LogP contribution is 2.20. The average molecular weight is 353 g/mol. The highest BCUT2D eigenvalue weighted by atomic mass is 79.9. The van der Waals surface area contributed by atoms with Crippen molar-refractivity contribution in [2.45, 2.75) is 26.4 Å². The van der Waals surface area contributed by atoms with E-state index in [2.05, 4.69) is 20.9 Å². The molecular formula is C14H20BrN3O2. The average Bonchev–Trinajstić information content (AvgIpc) is 2.52. The van der Waals surface area contributed by atoms with Crippen molar-refractivity contribution in [3.63, 3.8) is 0 Å². The van der Waals surface area contributed by atoms with Gasteiger partial charge in [0.1, 0.15) is 10.2 Å². The smallest absolute Gasteiger partial charge is 0.410 e. The maximum atomic E-state index is 12.7. The topological polar surface area (TPSA) is 45.7 Å². The molecule has 0 atom stereocenters. The van der Waals surface area contributed by atoms with Crippen LogP contribution >= 0.6 is 15.9 Å². The fourth-order valence-corrected chi connectivity index (χ4v) is 1.44. The van der Waals surface area contributed by atoms with Crippen LogP contribution < -0.4 is 4.90 Å². The van der Waals surface area contributed by atoms with Gasteiger partial charge in [-0.2, -0.15) is 0 Å². The number of halogens is 1. The summed E-state index contributed by atoms with van der Waals surface area (Å²) in [6.45, 7) is -9.87. The third-order valence-electron chi connectivity index (χ3n) is 1.90. The molecule has 0 aliphatic carbocycles. The van der Waals surface area contributed by atoms with Crippen LogP contribution in [0.5, 0.6) is 0 Å². The molecule has 20 heavy (non-hydrogen) atoms. The largest absolute Gasteiger partial charge is 0.444 e. The van der Waals surface area contributed by atoms with Gasteiger partial charge in [0.2, 0.25) is 0 Å². The molecule has 1 saturated heterocycles. The Morgan fingerprint density at radius 3 is 2.70 bits per heavy atom. The molecule has 0 radical (unpaired) electrons. The minimum atomic E-state index is -3.54. The number of aromatic nitrogens is 1. The Hall–Kier alpha value is -1.30. The molecule has 5 nitrogen and oxygen atoms in total. The van der Waals surface area contributed by atoms with Crippen molar-refractivity contribution in [3.8, 4) is 0 Å². The molecule has 1 aliphatic rings. The van der Waals surface area contributed by atoms with Crippen molar-refractivity contribution >= 4 is 27.7 Å². The van der Waals surface area contributed by atoms with E-state index in [1.165, 1.54) is 20.8 Å². The summed E-state index contributed by atoms with van der Waals surface area (Å²) >= 11 is 2.85. The molecule has 2 heterocycles. The molecule has 0 saturated carbocycles. The molecule has 0 N–H and O–H groups in total. The van der Waals surface area contributed by atoms with Crippen LogP contribution in [0.1, 0.15) is 35.8 Å². The molecule has 110 valence electrons. The van der Waals surface area contributed by atoms with Crippen LogP contribution in [0.2, 0.25) is 0 Å². The Kier molecular flexibility index (Phi) is 1.86. The zero-order chi connectivity index (χ0) is 24.5. The van der Waals surface area contributed by atoms with Crippen molar-refractivity contribution in [1.29, 1.82) is 0 Å². The van der Waals surface area contributed by atoms with Gasteiger partial charge < -0.3 is 14.5 Å². The molecule has 6 heteroatoms. The Morgan fingerprint density at radius 2 is 2.10 bits per heavy atom. The molecule has 1 fully saturated rings. The van der Waals surface area contributed by atoms with Crippen LogP contribution in [0.4, 0.5) is 10.5 Å². The molecule has 1 aromatic heterocycles. The van der Waals surface area contributed by atoms with Gasteiger partial charge in [-0.15, -0.1) is 0 Å². The van der Waals surface area contributed by atoms with Gasteiger partial charge >= 0.3 is 6.09 Å². The highest BCUT2D eigenvalue weighted by Gasteiger charge is 2.25. The number of anilines is 1. The molecule has 1 aliphatic heterocycles. The van der Waals surface area contributed by atoms with Gasteiger partial charge in [-0.25, -0.2) is 9.78 Å². The number of hydrogen-bond acceptors (Lipinski definition) is 4. The SMILES string of the molecule is [2H]c1nc(Br)c([2H])c(N2C([2H])([2H])C([2H])([2H])N(C(=O)OC(C)(C)C)C([2H])([2H])C2([2H])[2H])c1[2H]. The van der Waals surface area contributed by atoms with Crippen molar-refractivity contribution in [1.82, 2.24) is 9.88 Å². The maximum absolute atomic E-state index is 12.7. The van der Waals surface area contributed by atoms with Crippen molar-refractivity contribution < 1.29 is 24.6 Å². The summed E-state index contributed by atoms with van der Waals surface area (Å²) < 4.78 is 94.9. The van der Waals surface area contributed by atoms with Gasteiger partial charge in [0.25, 0.3) is 0 Å². The first-order valence-corrected chi connectivity index (χ1v) is 6.38. The van der Waals surface area contributed by atoms with E-state index in [1.807, 2.05) is 0 Å². The van der Waals surface area contributed by atoms with Gasteiger partial charge in [0.05, 0.1) is 15.1 Å². The number of amides is 1. The number of nitrogens with zero attached hydrogens (tertiary/aromatic N) is 3. The summed E-state index contributed by atoms with van der Waals surface area (Å²) in [7, 11) is 0. The lowest BCUT2D eigenvalue weighted by Gasteiger charge is -2.36. The van der Waals surface area contributed by atoms with E-state index in [1.54, 1.807) is 0 Å². The van der Waals surface area contributed by atoms with Crippen LogP contribution in [0.3, 0.4) is 0 Å². The molecule has 1 aromatic rings. The lowest BCUT2D eigenvalue weighted by Crippen LogP contribution is -2.50. The summed E-state index contributed by atoms with van der Waals surface area (Å²) in [4.78, 5) is 15.9. The number of ether oxygens (including phenoxy) is 1. The number of carbonyl (C=O) groups excluding carboxylic acids is 1. The maximum Gasteiger partial charge on any atom is 0.410 e. The quantitative estimate of drug-likeness (QED) is 0.729. The van der Waals surface area contributed by atoms with Crippen LogP contribution in [-0.2, 0) is 4.74 Å².